The first-order valence-corrected chi connectivity index (χ1v) is 14.3. The predicted octanol–water partition coefficient (Wildman–Crippen LogP) is 2.14. The Morgan fingerprint density at radius 1 is 1.29 bits per heavy atom. The van der Waals surface area contributed by atoms with E-state index in [2.05, 4.69) is 15.2 Å². The second-order valence-electron chi connectivity index (χ2n) is 10.9. The summed E-state index contributed by atoms with van der Waals surface area (Å²) in [5.41, 5.74) is 4.12. The summed E-state index contributed by atoms with van der Waals surface area (Å²) in [5, 5.41) is 38.5. The minimum absolute atomic E-state index is 0.115. The van der Waals surface area contributed by atoms with Gasteiger partial charge in [-0.2, -0.15) is 15.4 Å². The molecule has 220 valence electrons. The number of aliphatic hydroxyl groups is 2. The number of aromatic nitrogens is 3. The number of nitrogens with zero attached hydrogens (tertiary/aromatic N) is 4. The van der Waals surface area contributed by atoms with E-state index in [-0.39, 0.29) is 29.3 Å². The first-order chi connectivity index (χ1) is 19.3. The summed E-state index contributed by atoms with van der Waals surface area (Å²) in [7, 11) is -4.41. The van der Waals surface area contributed by atoms with Crippen LogP contribution >= 0.6 is 7.75 Å². The Bertz CT molecular complexity index is 1470. The van der Waals surface area contributed by atoms with Crippen LogP contribution in [0.5, 0.6) is 5.75 Å². The molecule has 0 bridgehead atoms. The van der Waals surface area contributed by atoms with Gasteiger partial charge in [-0.3, -0.25) is 9.32 Å². The summed E-state index contributed by atoms with van der Waals surface area (Å²) in [6.07, 6.45) is -3.41. The summed E-state index contributed by atoms with van der Waals surface area (Å²) in [5.74, 6) is -0.383. The molecule has 0 spiro atoms. The average molecular weight is 589 g/mol. The third-order valence-electron chi connectivity index (χ3n) is 6.21. The van der Waals surface area contributed by atoms with Crippen molar-refractivity contribution in [3.8, 4) is 11.8 Å². The van der Waals surface area contributed by atoms with Crippen LogP contribution in [0, 0.1) is 16.7 Å². The molecule has 1 unspecified atom stereocenters. The van der Waals surface area contributed by atoms with E-state index in [1.54, 1.807) is 30.3 Å². The van der Waals surface area contributed by atoms with Crippen molar-refractivity contribution in [2.45, 2.75) is 57.6 Å². The Balaban J connectivity index is 1.57. The minimum atomic E-state index is -4.41. The van der Waals surface area contributed by atoms with Gasteiger partial charge in [0.25, 0.3) is 0 Å². The lowest BCUT2D eigenvalue weighted by Crippen LogP contribution is -2.46. The van der Waals surface area contributed by atoms with Crippen molar-refractivity contribution in [3.05, 3.63) is 54.5 Å². The zero-order valence-electron chi connectivity index (χ0n) is 23.0. The van der Waals surface area contributed by atoms with Gasteiger partial charge in [0.15, 0.2) is 5.82 Å². The number of benzene rings is 1. The highest BCUT2D eigenvalue weighted by molar-refractivity contribution is 7.52. The van der Waals surface area contributed by atoms with Gasteiger partial charge in [0.05, 0.1) is 12.3 Å². The lowest BCUT2D eigenvalue weighted by molar-refractivity contribution is -0.148. The number of rotatable bonds is 10. The number of carbonyl (C=O) groups is 1. The van der Waals surface area contributed by atoms with Crippen molar-refractivity contribution < 1.29 is 38.1 Å². The second kappa shape index (κ2) is 11.7. The fraction of sp³-hybridized carbons (Fsp3) is 0.462. The van der Waals surface area contributed by atoms with Crippen molar-refractivity contribution in [1.29, 1.82) is 5.26 Å². The molecular weight excluding hydrogens is 555 g/mol. The number of ether oxygens (including phenoxy) is 2. The third kappa shape index (κ3) is 6.68. The SMILES string of the molecule is C[C@H](NP(=O)(OC[C@@]1(C#N)O[C@@H](c2ccc3c(N)ncnn23)[C@H](O)[C@@H]1O)Oc1ccccc1)C(=O)OCC(C)(C)C. The van der Waals surface area contributed by atoms with Crippen LogP contribution in [0.1, 0.15) is 39.5 Å². The molecule has 1 saturated heterocycles. The molecule has 0 amide bonds. The highest BCUT2D eigenvalue weighted by Crippen LogP contribution is 2.48. The first kappa shape index (κ1) is 30.4. The smallest absolute Gasteiger partial charge is 0.459 e. The molecule has 0 radical (unpaired) electrons. The highest BCUT2D eigenvalue weighted by atomic mass is 31.2. The molecule has 15 heteroatoms. The molecule has 1 aliphatic heterocycles. The van der Waals surface area contributed by atoms with Gasteiger partial charge in [-0.15, -0.1) is 0 Å². The molecule has 1 aromatic carbocycles. The molecule has 2 aromatic heterocycles. The van der Waals surface area contributed by atoms with Crippen LogP contribution in [0.3, 0.4) is 0 Å². The molecule has 3 heterocycles. The molecule has 4 rings (SSSR count). The van der Waals surface area contributed by atoms with Crippen molar-refractivity contribution >= 4 is 25.1 Å². The number of nitrogens with one attached hydrogen (secondary N) is 1. The number of nitrogen functional groups attached to an aromatic ring is 1. The normalized spacial score (nSPS) is 24.9. The number of para-hydroxylation sites is 1. The lowest BCUT2D eigenvalue weighted by atomic mass is 9.96. The quantitative estimate of drug-likeness (QED) is 0.198. The zero-order valence-corrected chi connectivity index (χ0v) is 23.9. The number of aliphatic hydroxyl groups excluding tert-OH is 2. The van der Waals surface area contributed by atoms with E-state index in [0.717, 1.165) is 0 Å². The number of nitriles is 1. The number of esters is 1. The molecule has 41 heavy (non-hydrogen) atoms. The Hall–Kier alpha value is -3.57. The largest absolute Gasteiger partial charge is 0.464 e. The van der Waals surface area contributed by atoms with E-state index in [9.17, 15) is 24.8 Å². The van der Waals surface area contributed by atoms with E-state index >= 15 is 0 Å². The standard InChI is InChI=1S/C26H33N6O8P/c1-16(24(35)37-13-25(2,3)4)31-41(36,40-17-8-6-5-7-9-17)38-14-26(12-27)22(34)20(33)21(39-26)18-10-11-19-23(28)29-15-30-32(18)19/h5-11,15-16,20-22,33-34H,13-14H2,1-4H3,(H,31,36)(H2,28,29,30)/t16-,20-,21-,22-,26+,41?/m0/s1. The van der Waals surface area contributed by atoms with E-state index in [0.29, 0.717) is 5.52 Å². The van der Waals surface area contributed by atoms with Crippen LogP contribution in [-0.4, -0.2) is 67.8 Å². The number of fused-ring (bicyclic) bond motifs is 1. The minimum Gasteiger partial charge on any atom is -0.464 e. The maximum absolute atomic E-state index is 13.9. The molecular formula is C26H33N6O8P. The van der Waals surface area contributed by atoms with Crippen LogP contribution in [0.2, 0.25) is 0 Å². The summed E-state index contributed by atoms with van der Waals surface area (Å²) in [4.78, 5) is 16.5. The van der Waals surface area contributed by atoms with E-state index in [1.165, 1.54) is 29.9 Å². The molecule has 6 atom stereocenters. The van der Waals surface area contributed by atoms with Crippen LogP contribution in [-0.2, 0) is 23.4 Å². The number of hydrogen-bond acceptors (Lipinski definition) is 12. The second-order valence-corrected chi connectivity index (χ2v) is 12.6. The fourth-order valence-electron chi connectivity index (χ4n) is 4.07. The lowest BCUT2D eigenvalue weighted by Gasteiger charge is -2.28. The summed E-state index contributed by atoms with van der Waals surface area (Å²) in [6, 6.07) is 11.9. The number of carbonyl (C=O) groups excluding carboxylic acids is 1. The number of hydrogen-bond donors (Lipinski definition) is 4. The Morgan fingerprint density at radius 3 is 2.66 bits per heavy atom. The number of anilines is 1. The monoisotopic (exact) mass is 588 g/mol. The Labute approximate surface area is 236 Å². The number of nitrogens with two attached hydrogens (primary N) is 1. The predicted molar refractivity (Wildman–Crippen MR) is 145 cm³/mol. The van der Waals surface area contributed by atoms with Gasteiger partial charge in [0.2, 0.25) is 5.60 Å². The Kier molecular flexibility index (Phi) is 8.70. The van der Waals surface area contributed by atoms with Crippen LogP contribution in [0.15, 0.2) is 48.8 Å². The van der Waals surface area contributed by atoms with Crippen molar-refractivity contribution in [2.24, 2.45) is 5.41 Å². The van der Waals surface area contributed by atoms with Crippen LogP contribution in [0.25, 0.3) is 5.52 Å². The topological polar surface area (TPSA) is 204 Å². The van der Waals surface area contributed by atoms with Gasteiger partial charge >= 0.3 is 13.7 Å². The molecule has 0 saturated carbocycles. The van der Waals surface area contributed by atoms with Gasteiger partial charge in [-0.05, 0) is 36.6 Å². The van der Waals surface area contributed by atoms with Gasteiger partial charge in [0.1, 0.15) is 54.6 Å². The first-order valence-electron chi connectivity index (χ1n) is 12.7. The summed E-state index contributed by atoms with van der Waals surface area (Å²) >= 11 is 0. The van der Waals surface area contributed by atoms with E-state index in [1.807, 2.05) is 26.8 Å². The summed E-state index contributed by atoms with van der Waals surface area (Å²) < 4.78 is 37.7. The average Bonchev–Trinajstić information content (AvgIpc) is 3.46. The van der Waals surface area contributed by atoms with Crippen molar-refractivity contribution in [3.63, 3.8) is 0 Å². The summed E-state index contributed by atoms with van der Waals surface area (Å²) in [6.45, 7) is 6.39. The maximum Gasteiger partial charge on any atom is 0.459 e. The zero-order chi connectivity index (χ0) is 30.0. The third-order valence-corrected chi connectivity index (χ3v) is 7.83. The Morgan fingerprint density at radius 2 is 2.00 bits per heavy atom. The van der Waals surface area contributed by atoms with Gasteiger partial charge in [0, 0.05) is 0 Å². The molecule has 1 aliphatic rings. The van der Waals surface area contributed by atoms with Gasteiger partial charge < -0.3 is 29.9 Å². The molecule has 5 N–H and O–H groups in total. The maximum atomic E-state index is 13.9. The molecule has 0 aliphatic carbocycles. The van der Waals surface area contributed by atoms with Gasteiger partial charge in [-0.25, -0.2) is 14.1 Å². The highest BCUT2D eigenvalue weighted by Gasteiger charge is 2.57. The molecule has 14 nitrogen and oxygen atoms in total. The van der Waals surface area contributed by atoms with E-state index < -0.39 is 50.3 Å². The van der Waals surface area contributed by atoms with Gasteiger partial charge in [-0.1, -0.05) is 39.0 Å². The molecule has 1 fully saturated rings. The van der Waals surface area contributed by atoms with E-state index in [4.69, 9.17) is 24.3 Å². The van der Waals surface area contributed by atoms with Crippen molar-refractivity contribution in [1.82, 2.24) is 19.7 Å². The fourth-order valence-corrected chi connectivity index (χ4v) is 5.59. The van der Waals surface area contributed by atoms with Crippen LogP contribution < -0.4 is 15.3 Å². The van der Waals surface area contributed by atoms with Crippen LogP contribution in [0.4, 0.5) is 5.82 Å². The molecule has 3 aromatic rings. The van der Waals surface area contributed by atoms with Crippen molar-refractivity contribution in [2.75, 3.05) is 18.9 Å².